The second-order valence-electron chi connectivity index (χ2n) is 6.38. The summed E-state index contributed by atoms with van der Waals surface area (Å²) in [4.78, 5) is 24.6. The summed E-state index contributed by atoms with van der Waals surface area (Å²) in [6.45, 7) is 9.55. The molecule has 1 fully saturated rings. The molecule has 1 aliphatic heterocycles. The lowest BCUT2D eigenvalue weighted by Gasteiger charge is -2.30. The van der Waals surface area contributed by atoms with Gasteiger partial charge in [-0.05, 0) is 37.5 Å². The smallest absolute Gasteiger partial charge is 0.315 e. The Balaban J connectivity index is 2.62. The summed E-state index contributed by atoms with van der Waals surface area (Å²) >= 11 is 0. The lowest BCUT2D eigenvalue weighted by molar-refractivity contribution is -0.150. The number of rotatable bonds is 2. The van der Waals surface area contributed by atoms with E-state index in [0.717, 1.165) is 19.3 Å². The van der Waals surface area contributed by atoms with E-state index < -0.39 is 11.9 Å². The van der Waals surface area contributed by atoms with Crippen LogP contribution in [0.2, 0.25) is 0 Å². The summed E-state index contributed by atoms with van der Waals surface area (Å²) in [5, 5.41) is 8.89. The standard InChI is InChI=1S/C14H25NO3/c1-10(13(17)18)12(16)15-8-5-6-11(7-9-15)14(2,3)4/h10-11H,5-9H2,1-4H3,(H,17,18). The Kier molecular flexibility index (Phi) is 4.77. The van der Waals surface area contributed by atoms with Gasteiger partial charge in [0, 0.05) is 13.1 Å². The molecule has 1 amide bonds. The van der Waals surface area contributed by atoms with E-state index in [2.05, 4.69) is 20.8 Å². The number of amides is 1. The monoisotopic (exact) mass is 255 g/mol. The highest BCUT2D eigenvalue weighted by molar-refractivity contribution is 5.96. The molecule has 1 rings (SSSR count). The first kappa shape index (κ1) is 15.0. The highest BCUT2D eigenvalue weighted by Crippen LogP contribution is 2.34. The average Bonchev–Trinajstić information content (AvgIpc) is 2.51. The number of carboxylic acid groups (broad SMARTS) is 1. The second-order valence-corrected chi connectivity index (χ2v) is 6.38. The van der Waals surface area contributed by atoms with Crippen molar-refractivity contribution >= 4 is 11.9 Å². The predicted octanol–water partition coefficient (Wildman–Crippen LogP) is 2.38. The second kappa shape index (κ2) is 5.72. The molecule has 2 unspecified atom stereocenters. The molecule has 1 saturated heterocycles. The molecule has 0 bridgehead atoms. The van der Waals surface area contributed by atoms with Gasteiger partial charge < -0.3 is 10.0 Å². The van der Waals surface area contributed by atoms with Crippen LogP contribution in [0.3, 0.4) is 0 Å². The van der Waals surface area contributed by atoms with Crippen molar-refractivity contribution in [1.29, 1.82) is 0 Å². The van der Waals surface area contributed by atoms with E-state index in [1.165, 1.54) is 6.92 Å². The third-order valence-electron chi connectivity index (χ3n) is 4.01. The van der Waals surface area contributed by atoms with Crippen LogP contribution >= 0.6 is 0 Å². The van der Waals surface area contributed by atoms with Gasteiger partial charge in [-0.25, -0.2) is 0 Å². The SMILES string of the molecule is CC(C(=O)O)C(=O)N1CCCC(C(C)(C)C)CC1. The van der Waals surface area contributed by atoms with E-state index in [1.54, 1.807) is 4.90 Å². The highest BCUT2D eigenvalue weighted by Gasteiger charge is 2.31. The number of aliphatic carboxylic acids is 1. The Hall–Kier alpha value is -1.06. The molecular weight excluding hydrogens is 230 g/mol. The molecule has 18 heavy (non-hydrogen) atoms. The molecule has 2 atom stereocenters. The summed E-state index contributed by atoms with van der Waals surface area (Å²) in [5.74, 6) is -1.58. The molecule has 1 heterocycles. The molecule has 1 N–H and O–H groups in total. The molecule has 0 aromatic heterocycles. The maximum atomic E-state index is 12.0. The maximum absolute atomic E-state index is 12.0. The van der Waals surface area contributed by atoms with Crippen LogP contribution in [0.1, 0.15) is 47.0 Å². The minimum atomic E-state index is -1.03. The molecule has 0 aromatic carbocycles. The van der Waals surface area contributed by atoms with E-state index in [0.29, 0.717) is 19.0 Å². The van der Waals surface area contributed by atoms with Crippen molar-refractivity contribution in [2.45, 2.75) is 47.0 Å². The van der Waals surface area contributed by atoms with Crippen LogP contribution < -0.4 is 0 Å². The number of carbonyl (C=O) groups excluding carboxylic acids is 1. The van der Waals surface area contributed by atoms with Gasteiger partial charge in [0.2, 0.25) is 5.91 Å². The summed E-state index contributed by atoms with van der Waals surface area (Å²) in [6.07, 6.45) is 3.07. The zero-order valence-corrected chi connectivity index (χ0v) is 11.9. The van der Waals surface area contributed by atoms with Gasteiger partial charge in [-0.15, -0.1) is 0 Å². The third kappa shape index (κ3) is 3.72. The van der Waals surface area contributed by atoms with Crippen molar-refractivity contribution < 1.29 is 14.7 Å². The first-order valence-corrected chi connectivity index (χ1v) is 6.75. The predicted molar refractivity (Wildman–Crippen MR) is 70.2 cm³/mol. The molecule has 0 saturated carbocycles. The van der Waals surface area contributed by atoms with Gasteiger partial charge in [0.1, 0.15) is 5.92 Å². The molecule has 0 aliphatic carbocycles. The Morgan fingerprint density at radius 1 is 1.22 bits per heavy atom. The van der Waals surface area contributed by atoms with Crippen molar-refractivity contribution in [1.82, 2.24) is 4.90 Å². The van der Waals surface area contributed by atoms with Crippen LogP contribution in [0, 0.1) is 17.3 Å². The fraction of sp³-hybridized carbons (Fsp3) is 0.857. The summed E-state index contributed by atoms with van der Waals surface area (Å²) in [6, 6.07) is 0. The number of hydrogen-bond acceptors (Lipinski definition) is 2. The zero-order chi connectivity index (χ0) is 13.9. The Bertz CT molecular complexity index is 319. The molecule has 4 nitrogen and oxygen atoms in total. The molecular formula is C14H25NO3. The largest absolute Gasteiger partial charge is 0.481 e. The molecule has 0 radical (unpaired) electrons. The Labute approximate surface area is 109 Å². The lowest BCUT2D eigenvalue weighted by atomic mass is 9.77. The van der Waals surface area contributed by atoms with E-state index in [4.69, 9.17) is 5.11 Å². The van der Waals surface area contributed by atoms with E-state index in [9.17, 15) is 9.59 Å². The van der Waals surface area contributed by atoms with Crippen LogP contribution in [-0.2, 0) is 9.59 Å². The molecule has 0 spiro atoms. The minimum absolute atomic E-state index is 0.239. The summed E-state index contributed by atoms with van der Waals surface area (Å²) < 4.78 is 0. The van der Waals surface area contributed by atoms with Gasteiger partial charge in [0.25, 0.3) is 0 Å². The third-order valence-corrected chi connectivity index (χ3v) is 4.01. The van der Waals surface area contributed by atoms with Crippen LogP contribution in [0.4, 0.5) is 0 Å². The number of hydrogen-bond donors (Lipinski definition) is 1. The normalized spacial score (nSPS) is 23.3. The number of nitrogens with zero attached hydrogens (tertiary/aromatic N) is 1. The van der Waals surface area contributed by atoms with Crippen molar-refractivity contribution in [2.75, 3.05) is 13.1 Å². The topological polar surface area (TPSA) is 57.6 Å². The molecule has 1 aliphatic rings. The Morgan fingerprint density at radius 2 is 1.83 bits per heavy atom. The first-order valence-electron chi connectivity index (χ1n) is 6.75. The minimum Gasteiger partial charge on any atom is -0.481 e. The van der Waals surface area contributed by atoms with Crippen LogP contribution in [0.25, 0.3) is 0 Å². The van der Waals surface area contributed by atoms with Crippen molar-refractivity contribution in [3.8, 4) is 0 Å². The van der Waals surface area contributed by atoms with Crippen molar-refractivity contribution in [2.24, 2.45) is 17.3 Å². The fourth-order valence-corrected chi connectivity index (χ4v) is 2.56. The summed E-state index contributed by atoms with van der Waals surface area (Å²) in [7, 11) is 0. The van der Waals surface area contributed by atoms with E-state index in [1.807, 2.05) is 0 Å². The Morgan fingerprint density at radius 3 is 2.33 bits per heavy atom. The highest BCUT2D eigenvalue weighted by atomic mass is 16.4. The van der Waals surface area contributed by atoms with E-state index in [-0.39, 0.29) is 11.3 Å². The van der Waals surface area contributed by atoms with Gasteiger partial charge in [-0.2, -0.15) is 0 Å². The fourth-order valence-electron chi connectivity index (χ4n) is 2.56. The van der Waals surface area contributed by atoms with Crippen LogP contribution in [0.15, 0.2) is 0 Å². The number of likely N-dealkylation sites (tertiary alicyclic amines) is 1. The first-order chi connectivity index (χ1) is 8.23. The zero-order valence-electron chi connectivity index (χ0n) is 11.9. The van der Waals surface area contributed by atoms with Crippen molar-refractivity contribution in [3.05, 3.63) is 0 Å². The van der Waals surface area contributed by atoms with Gasteiger partial charge in [-0.1, -0.05) is 20.8 Å². The quantitative estimate of drug-likeness (QED) is 0.771. The lowest BCUT2D eigenvalue weighted by Crippen LogP contribution is -2.39. The van der Waals surface area contributed by atoms with Gasteiger partial charge in [0.15, 0.2) is 0 Å². The number of carboxylic acids is 1. The summed E-state index contributed by atoms with van der Waals surface area (Å²) in [5.41, 5.74) is 0.261. The maximum Gasteiger partial charge on any atom is 0.315 e. The molecule has 4 heteroatoms. The van der Waals surface area contributed by atoms with Gasteiger partial charge >= 0.3 is 5.97 Å². The van der Waals surface area contributed by atoms with Crippen LogP contribution in [-0.4, -0.2) is 35.0 Å². The van der Waals surface area contributed by atoms with Crippen LogP contribution in [0.5, 0.6) is 0 Å². The average molecular weight is 255 g/mol. The van der Waals surface area contributed by atoms with Crippen molar-refractivity contribution in [3.63, 3.8) is 0 Å². The number of carbonyl (C=O) groups is 2. The molecule has 104 valence electrons. The van der Waals surface area contributed by atoms with Gasteiger partial charge in [-0.3, -0.25) is 9.59 Å². The van der Waals surface area contributed by atoms with Gasteiger partial charge in [0.05, 0.1) is 0 Å². The van der Waals surface area contributed by atoms with E-state index >= 15 is 0 Å². The molecule has 0 aromatic rings.